The van der Waals surface area contributed by atoms with Crippen molar-refractivity contribution in [2.24, 2.45) is 0 Å². The van der Waals surface area contributed by atoms with Crippen molar-refractivity contribution in [3.05, 3.63) is 96.1 Å². The fraction of sp³-hybridized carbons (Fsp3) is 0.214. The summed E-state index contributed by atoms with van der Waals surface area (Å²) < 4.78 is 5.27. The van der Waals surface area contributed by atoms with E-state index in [0.717, 1.165) is 5.56 Å². The summed E-state index contributed by atoms with van der Waals surface area (Å²) in [5, 5.41) is 3.01. The van der Waals surface area contributed by atoms with Crippen molar-refractivity contribution in [1.29, 1.82) is 0 Å². The first-order chi connectivity index (χ1) is 15.8. The maximum absolute atomic E-state index is 13.5. The van der Waals surface area contributed by atoms with Crippen LogP contribution in [0.4, 0.5) is 5.69 Å². The summed E-state index contributed by atoms with van der Waals surface area (Å²) in [5.41, 5.74) is 1.47. The number of hydrogen-bond acceptors (Lipinski definition) is 3. The summed E-state index contributed by atoms with van der Waals surface area (Å²) in [7, 11) is 1.58. The second-order valence-corrected chi connectivity index (χ2v) is 8.54. The van der Waals surface area contributed by atoms with Crippen LogP contribution in [0.5, 0.6) is 5.75 Å². The quantitative estimate of drug-likeness (QED) is 0.583. The van der Waals surface area contributed by atoms with Crippen LogP contribution in [0.3, 0.4) is 0 Å². The molecule has 2 amide bonds. The Labute approximate surface area is 195 Å². The van der Waals surface area contributed by atoms with Crippen molar-refractivity contribution in [1.82, 2.24) is 5.32 Å². The zero-order valence-corrected chi connectivity index (χ0v) is 19.3. The summed E-state index contributed by atoms with van der Waals surface area (Å²) >= 11 is 0. The molecule has 3 aromatic carbocycles. The molecule has 0 bridgehead atoms. The average Bonchev–Trinajstić information content (AvgIpc) is 2.81. The molecule has 168 valence electrons. The van der Waals surface area contributed by atoms with Crippen LogP contribution in [-0.4, -0.2) is 24.5 Å². The van der Waals surface area contributed by atoms with E-state index >= 15 is 0 Å². The molecule has 0 fully saturated rings. The van der Waals surface area contributed by atoms with Crippen molar-refractivity contribution in [2.45, 2.75) is 32.4 Å². The number of amides is 2. The minimum Gasteiger partial charge on any atom is -0.497 e. The first-order valence-electron chi connectivity index (χ1n) is 10.7. The van der Waals surface area contributed by atoms with E-state index in [2.05, 4.69) is 17.2 Å². The number of carbonyl (C=O) groups is 2. The van der Waals surface area contributed by atoms with Crippen molar-refractivity contribution >= 4 is 17.5 Å². The Morgan fingerprint density at radius 1 is 0.879 bits per heavy atom. The largest absolute Gasteiger partial charge is 0.497 e. The van der Waals surface area contributed by atoms with E-state index in [4.69, 9.17) is 4.74 Å². The number of methoxy groups -OCH3 is 1. The second kappa shape index (κ2) is 10.5. The number of ether oxygens (including phenoxy) is 1. The molecule has 0 heterocycles. The molecule has 1 unspecified atom stereocenters. The molecule has 0 radical (unpaired) electrons. The van der Waals surface area contributed by atoms with E-state index in [9.17, 15) is 9.59 Å². The molecule has 0 saturated carbocycles. The van der Waals surface area contributed by atoms with Gasteiger partial charge in [0.25, 0.3) is 0 Å². The van der Waals surface area contributed by atoms with Crippen LogP contribution in [-0.2, 0) is 9.59 Å². The zero-order valence-electron chi connectivity index (χ0n) is 19.3. The topological polar surface area (TPSA) is 58.6 Å². The summed E-state index contributed by atoms with van der Waals surface area (Å²) in [4.78, 5) is 28.4. The van der Waals surface area contributed by atoms with Gasteiger partial charge in [-0.25, -0.2) is 0 Å². The van der Waals surface area contributed by atoms with Crippen LogP contribution >= 0.6 is 0 Å². The zero-order chi connectivity index (χ0) is 23.8. The maximum Gasteiger partial charge on any atom is 0.304 e. The minimum absolute atomic E-state index is 0.300. The Morgan fingerprint density at radius 2 is 1.45 bits per heavy atom. The van der Waals surface area contributed by atoms with Crippen molar-refractivity contribution < 1.29 is 14.3 Å². The van der Waals surface area contributed by atoms with Crippen LogP contribution in [0, 0.1) is 11.8 Å². The van der Waals surface area contributed by atoms with Gasteiger partial charge in [-0.1, -0.05) is 54.5 Å². The van der Waals surface area contributed by atoms with Gasteiger partial charge in [-0.2, -0.15) is 0 Å². The molecular formula is C28H28N2O3. The van der Waals surface area contributed by atoms with Gasteiger partial charge in [-0.15, -0.1) is 0 Å². The van der Waals surface area contributed by atoms with Crippen molar-refractivity contribution in [3.63, 3.8) is 0 Å². The Balaban J connectivity index is 2.11. The molecule has 1 N–H and O–H groups in total. The van der Waals surface area contributed by atoms with Gasteiger partial charge < -0.3 is 10.1 Å². The average molecular weight is 441 g/mol. The molecule has 3 rings (SSSR count). The molecule has 0 aliphatic heterocycles. The SMILES string of the molecule is COc1ccc(C(C(=O)NC(C)(C)C)N(C(=O)C#Cc2ccccc2)c2ccccc2)cc1. The maximum atomic E-state index is 13.5. The van der Waals surface area contributed by atoms with E-state index in [1.807, 2.05) is 69.3 Å². The lowest BCUT2D eigenvalue weighted by Gasteiger charge is -2.32. The van der Waals surface area contributed by atoms with Gasteiger partial charge in [0, 0.05) is 22.7 Å². The number of para-hydroxylation sites is 1. The highest BCUT2D eigenvalue weighted by molar-refractivity contribution is 6.10. The number of carbonyl (C=O) groups excluding carboxylic acids is 2. The predicted octanol–water partition coefficient (Wildman–Crippen LogP) is 4.74. The Hall–Kier alpha value is -4.04. The molecule has 5 nitrogen and oxygen atoms in total. The van der Waals surface area contributed by atoms with Gasteiger partial charge in [0.2, 0.25) is 5.91 Å². The Bertz CT molecular complexity index is 1140. The fourth-order valence-corrected chi connectivity index (χ4v) is 3.32. The first kappa shape index (κ1) is 23.6. The first-order valence-corrected chi connectivity index (χ1v) is 10.7. The second-order valence-electron chi connectivity index (χ2n) is 8.54. The standard InChI is InChI=1S/C28H28N2O3/c1-28(2,3)29-27(32)26(22-16-18-24(33-4)19-17-22)30(23-13-9-6-10-14-23)25(31)20-15-21-11-7-5-8-12-21/h5-14,16-19,26H,1-4H3,(H,29,32). The predicted molar refractivity (Wildman–Crippen MR) is 131 cm³/mol. The van der Waals surface area contributed by atoms with Gasteiger partial charge in [0.1, 0.15) is 11.8 Å². The monoisotopic (exact) mass is 440 g/mol. The van der Waals surface area contributed by atoms with E-state index in [0.29, 0.717) is 17.0 Å². The molecule has 3 aromatic rings. The van der Waals surface area contributed by atoms with Gasteiger partial charge in [0.15, 0.2) is 0 Å². The van der Waals surface area contributed by atoms with Crippen LogP contribution in [0.25, 0.3) is 0 Å². The highest BCUT2D eigenvalue weighted by Gasteiger charge is 2.34. The van der Waals surface area contributed by atoms with Crippen LogP contribution in [0.1, 0.15) is 37.9 Å². The molecule has 0 saturated heterocycles. The van der Waals surface area contributed by atoms with E-state index in [1.54, 1.807) is 43.5 Å². The third kappa shape index (κ3) is 6.47. The summed E-state index contributed by atoms with van der Waals surface area (Å²) in [6.07, 6.45) is 0. The fourth-order valence-electron chi connectivity index (χ4n) is 3.32. The van der Waals surface area contributed by atoms with E-state index < -0.39 is 17.5 Å². The van der Waals surface area contributed by atoms with Crippen molar-refractivity contribution in [3.8, 4) is 17.6 Å². The molecule has 0 aliphatic carbocycles. The smallest absolute Gasteiger partial charge is 0.304 e. The lowest BCUT2D eigenvalue weighted by atomic mass is 10.0. The van der Waals surface area contributed by atoms with Gasteiger partial charge >= 0.3 is 5.91 Å². The summed E-state index contributed by atoms with van der Waals surface area (Å²) in [6, 6.07) is 24.6. The number of anilines is 1. The molecule has 5 heteroatoms. The van der Waals surface area contributed by atoms with Gasteiger partial charge in [-0.3, -0.25) is 14.5 Å². The molecule has 33 heavy (non-hydrogen) atoms. The lowest BCUT2D eigenvalue weighted by Crippen LogP contribution is -2.49. The van der Waals surface area contributed by atoms with Crippen molar-refractivity contribution in [2.75, 3.05) is 12.0 Å². The Morgan fingerprint density at radius 3 is 2.00 bits per heavy atom. The summed E-state index contributed by atoms with van der Waals surface area (Å²) in [5.74, 6) is 5.52. The molecular weight excluding hydrogens is 412 g/mol. The van der Waals surface area contributed by atoms with Crippen LogP contribution in [0.15, 0.2) is 84.9 Å². The van der Waals surface area contributed by atoms with E-state index in [-0.39, 0.29) is 5.91 Å². The van der Waals surface area contributed by atoms with E-state index in [1.165, 1.54) is 4.90 Å². The molecule has 1 atom stereocenters. The molecule has 0 aliphatic rings. The van der Waals surface area contributed by atoms with Crippen LogP contribution in [0.2, 0.25) is 0 Å². The number of nitrogens with zero attached hydrogens (tertiary/aromatic N) is 1. The molecule has 0 aromatic heterocycles. The number of rotatable bonds is 5. The van der Waals surface area contributed by atoms with Gasteiger partial charge in [0.05, 0.1) is 7.11 Å². The normalized spacial score (nSPS) is 11.5. The highest BCUT2D eigenvalue weighted by Crippen LogP contribution is 2.29. The lowest BCUT2D eigenvalue weighted by molar-refractivity contribution is -0.126. The number of nitrogens with one attached hydrogen (secondary N) is 1. The molecule has 0 spiro atoms. The van der Waals surface area contributed by atoms with Crippen LogP contribution < -0.4 is 15.0 Å². The Kier molecular flexibility index (Phi) is 7.53. The number of benzene rings is 3. The third-order valence-electron chi connectivity index (χ3n) is 4.78. The van der Waals surface area contributed by atoms with Gasteiger partial charge in [-0.05, 0) is 62.7 Å². The highest BCUT2D eigenvalue weighted by atomic mass is 16.5. The minimum atomic E-state index is -0.921. The third-order valence-corrected chi connectivity index (χ3v) is 4.78. The number of hydrogen-bond donors (Lipinski definition) is 1. The summed E-state index contributed by atoms with van der Waals surface area (Å²) in [6.45, 7) is 5.71.